The lowest BCUT2D eigenvalue weighted by molar-refractivity contribution is 0.102. The first-order valence-electron chi connectivity index (χ1n) is 11.5. The molecule has 0 saturated carbocycles. The molecule has 5 aromatic rings. The zero-order valence-corrected chi connectivity index (χ0v) is 21.6. The summed E-state index contributed by atoms with van der Waals surface area (Å²) in [6.45, 7) is 5.64. The third kappa shape index (κ3) is 4.27. The van der Waals surface area contributed by atoms with Gasteiger partial charge in [0.05, 0.1) is 22.8 Å². The molecule has 0 aliphatic heterocycles. The molecule has 5 rings (SSSR count). The summed E-state index contributed by atoms with van der Waals surface area (Å²) >= 11 is 1.22. The highest BCUT2D eigenvalue weighted by Gasteiger charge is 2.24. The van der Waals surface area contributed by atoms with E-state index in [-0.39, 0.29) is 22.8 Å². The Labute approximate surface area is 216 Å². The lowest BCUT2D eigenvalue weighted by atomic mass is 10.2. The van der Waals surface area contributed by atoms with Crippen LogP contribution in [0.25, 0.3) is 17.1 Å². The van der Waals surface area contributed by atoms with Gasteiger partial charge >= 0.3 is 0 Å². The van der Waals surface area contributed by atoms with Crippen LogP contribution in [-0.2, 0) is 7.05 Å². The van der Waals surface area contributed by atoms with Crippen molar-refractivity contribution in [1.82, 2.24) is 34.1 Å². The molecule has 0 bridgehead atoms. The summed E-state index contributed by atoms with van der Waals surface area (Å²) in [4.78, 5) is 26.8. The second kappa shape index (κ2) is 9.58. The highest BCUT2D eigenvalue weighted by Crippen LogP contribution is 2.26. The number of benzene rings is 2. The minimum absolute atomic E-state index is 0.0958. The molecule has 1 N–H and O–H groups in total. The van der Waals surface area contributed by atoms with Crippen molar-refractivity contribution in [1.29, 1.82) is 0 Å². The summed E-state index contributed by atoms with van der Waals surface area (Å²) in [5.74, 6) is 0.160. The van der Waals surface area contributed by atoms with Crippen LogP contribution in [0.4, 0.5) is 0 Å². The van der Waals surface area contributed by atoms with Gasteiger partial charge in [-0.05, 0) is 73.7 Å². The van der Waals surface area contributed by atoms with E-state index in [9.17, 15) is 14.7 Å². The van der Waals surface area contributed by atoms with E-state index in [4.69, 9.17) is 0 Å². The maximum absolute atomic E-state index is 13.6. The van der Waals surface area contributed by atoms with E-state index in [1.54, 1.807) is 28.9 Å². The Morgan fingerprint density at radius 2 is 1.68 bits per heavy atom. The Bertz CT molecular complexity index is 1660. The van der Waals surface area contributed by atoms with Gasteiger partial charge < -0.3 is 9.67 Å². The molecule has 10 nitrogen and oxygen atoms in total. The van der Waals surface area contributed by atoms with E-state index < -0.39 is 0 Å². The number of hydrogen-bond acceptors (Lipinski definition) is 7. The van der Waals surface area contributed by atoms with Crippen LogP contribution in [0.1, 0.15) is 27.4 Å². The second-order valence-electron chi connectivity index (χ2n) is 8.63. The average molecular weight is 516 g/mol. The van der Waals surface area contributed by atoms with Crippen LogP contribution < -0.4 is 5.56 Å². The monoisotopic (exact) mass is 515 g/mol. The highest BCUT2D eigenvalue weighted by atomic mass is 32.2. The van der Waals surface area contributed by atoms with E-state index >= 15 is 0 Å². The Morgan fingerprint density at radius 3 is 2.38 bits per heavy atom. The fourth-order valence-corrected chi connectivity index (χ4v) is 5.21. The molecule has 3 heterocycles. The van der Waals surface area contributed by atoms with Crippen LogP contribution in [0.3, 0.4) is 0 Å². The number of aromatic hydroxyl groups is 1. The van der Waals surface area contributed by atoms with Crippen LogP contribution in [0.5, 0.6) is 5.75 Å². The van der Waals surface area contributed by atoms with Crippen LogP contribution in [0.15, 0.2) is 70.6 Å². The number of aryl methyl sites for hydroxylation is 1. The number of ketones is 1. The molecular formula is C26H25N7O3S. The van der Waals surface area contributed by atoms with Crippen LogP contribution in [0, 0.1) is 20.8 Å². The van der Waals surface area contributed by atoms with Crippen molar-refractivity contribution >= 4 is 17.5 Å². The molecule has 0 unspecified atom stereocenters. The summed E-state index contributed by atoms with van der Waals surface area (Å²) in [5.41, 5.74) is 4.63. The molecule has 0 saturated heterocycles. The van der Waals surface area contributed by atoms with Crippen LogP contribution in [-0.4, -0.2) is 50.8 Å². The predicted octanol–water partition coefficient (Wildman–Crippen LogP) is 3.55. The first-order valence-corrected chi connectivity index (χ1v) is 12.5. The number of nitrogens with zero attached hydrogens (tertiary/aromatic N) is 7. The number of rotatable bonds is 7. The van der Waals surface area contributed by atoms with Gasteiger partial charge in [0.15, 0.2) is 5.78 Å². The number of para-hydroxylation sites is 1. The normalized spacial score (nSPS) is 11.2. The van der Waals surface area contributed by atoms with Gasteiger partial charge in [0.25, 0.3) is 5.56 Å². The predicted molar refractivity (Wildman–Crippen MR) is 140 cm³/mol. The summed E-state index contributed by atoms with van der Waals surface area (Å²) in [5, 5.41) is 21.7. The Hall–Kier alpha value is -4.38. The zero-order valence-electron chi connectivity index (χ0n) is 20.8. The number of carbonyl (C=O) groups is 1. The van der Waals surface area contributed by atoms with E-state index in [0.29, 0.717) is 27.8 Å². The molecule has 37 heavy (non-hydrogen) atoms. The van der Waals surface area contributed by atoms with Gasteiger partial charge in [-0.25, -0.2) is 4.68 Å². The van der Waals surface area contributed by atoms with Crippen LogP contribution in [0.2, 0.25) is 0 Å². The van der Waals surface area contributed by atoms with Gasteiger partial charge in [0, 0.05) is 24.0 Å². The summed E-state index contributed by atoms with van der Waals surface area (Å²) in [6, 6.07) is 17.8. The van der Waals surface area contributed by atoms with Crippen molar-refractivity contribution in [3.8, 4) is 22.8 Å². The van der Waals surface area contributed by atoms with Gasteiger partial charge in [0.1, 0.15) is 11.4 Å². The van der Waals surface area contributed by atoms with Gasteiger partial charge in [-0.3, -0.25) is 14.3 Å². The number of aromatic nitrogens is 7. The number of carbonyl (C=O) groups excluding carboxylic acids is 1. The fraction of sp³-hybridized carbons (Fsp3) is 0.192. The standard InChI is InChI=1S/C26H25N7O3S/c1-16-14-22(23(35)15-37-26-27-28-29-32(26)19-10-12-21(34)13-11-19)17(2)31(16)24-18(3)30(4)33(25(24)36)20-8-6-5-7-9-20/h5-14,34H,15H2,1-4H3. The number of hydrogen-bond donors (Lipinski definition) is 1. The van der Waals surface area contributed by atoms with Gasteiger partial charge in [-0.1, -0.05) is 30.0 Å². The van der Waals surface area contributed by atoms with E-state index in [1.165, 1.54) is 16.4 Å². The molecule has 3 aromatic heterocycles. The minimum Gasteiger partial charge on any atom is -0.508 e. The van der Waals surface area contributed by atoms with Crippen LogP contribution >= 0.6 is 11.8 Å². The average Bonchev–Trinajstić information content (AvgIpc) is 3.54. The number of tetrazole rings is 1. The Morgan fingerprint density at radius 1 is 0.973 bits per heavy atom. The zero-order chi connectivity index (χ0) is 26.3. The van der Waals surface area contributed by atoms with Gasteiger partial charge in [0.2, 0.25) is 5.16 Å². The summed E-state index contributed by atoms with van der Waals surface area (Å²) in [6.07, 6.45) is 0. The van der Waals surface area contributed by atoms with Gasteiger partial charge in [-0.2, -0.15) is 4.68 Å². The molecule has 0 fully saturated rings. The number of Topliss-reactive ketones (excluding diaryl/α,β-unsaturated/α-hetero) is 1. The SMILES string of the molecule is Cc1cc(C(=O)CSc2nnnn2-c2ccc(O)cc2)c(C)n1-c1c(C)n(C)n(-c2ccccc2)c1=O. The largest absolute Gasteiger partial charge is 0.508 e. The molecule has 0 spiro atoms. The van der Waals surface area contributed by atoms with Crippen molar-refractivity contribution in [3.63, 3.8) is 0 Å². The quantitative estimate of drug-likeness (QED) is 0.261. The maximum atomic E-state index is 13.6. The number of phenolic OH excluding ortho intramolecular Hbond substituents is 1. The van der Waals surface area contributed by atoms with Crippen molar-refractivity contribution in [3.05, 3.63) is 93.7 Å². The number of thioether (sulfide) groups is 1. The molecule has 2 aromatic carbocycles. The molecule has 0 atom stereocenters. The van der Waals surface area contributed by atoms with E-state index in [0.717, 1.165) is 17.1 Å². The van der Waals surface area contributed by atoms with E-state index in [2.05, 4.69) is 15.5 Å². The van der Waals surface area contributed by atoms with Gasteiger partial charge in [-0.15, -0.1) is 5.10 Å². The third-order valence-electron chi connectivity index (χ3n) is 6.35. The minimum atomic E-state index is -0.158. The lowest BCUT2D eigenvalue weighted by Gasteiger charge is -2.08. The third-order valence-corrected chi connectivity index (χ3v) is 7.27. The topological polar surface area (TPSA) is 113 Å². The summed E-state index contributed by atoms with van der Waals surface area (Å²) < 4.78 is 6.83. The second-order valence-corrected chi connectivity index (χ2v) is 9.57. The number of phenols is 1. The molecule has 0 radical (unpaired) electrons. The molecular weight excluding hydrogens is 490 g/mol. The first kappa shape index (κ1) is 24.3. The first-order chi connectivity index (χ1) is 17.8. The van der Waals surface area contributed by atoms with E-state index in [1.807, 2.05) is 73.5 Å². The molecule has 11 heteroatoms. The smallest absolute Gasteiger partial charge is 0.295 e. The molecule has 188 valence electrons. The Balaban J connectivity index is 1.44. The highest BCUT2D eigenvalue weighted by molar-refractivity contribution is 7.99. The molecule has 0 amide bonds. The maximum Gasteiger partial charge on any atom is 0.295 e. The van der Waals surface area contributed by atoms with Crippen molar-refractivity contribution < 1.29 is 9.90 Å². The fourth-order valence-electron chi connectivity index (χ4n) is 4.43. The lowest BCUT2D eigenvalue weighted by Crippen LogP contribution is -2.22. The molecule has 0 aliphatic carbocycles. The van der Waals surface area contributed by atoms with Crippen molar-refractivity contribution in [2.24, 2.45) is 7.05 Å². The summed E-state index contributed by atoms with van der Waals surface area (Å²) in [7, 11) is 1.85. The van der Waals surface area contributed by atoms with Crippen molar-refractivity contribution in [2.75, 3.05) is 5.75 Å². The Kier molecular flexibility index (Phi) is 6.30. The van der Waals surface area contributed by atoms with Crippen molar-refractivity contribution in [2.45, 2.75) is 25.9 Å². The molecule has 0 aliphatic rings.